The lowest BCUT2D eigenvalue weighted by atomic mass is 10.2. The molecule has 0 aliphatic carbocycles. The van der Waals surface area contributed by atoms with Crippen molar-refractivity contribution in [3.63, 3.8) is 0 Å². The standard InChI is InChI=1S/C19H27N5O4/c1-3-28-19(27)24-12-8-22(9-13-24)16-4-5-17(20-14-16)18(26)23-10-6-21(7-11-23)15(2)25/h4-5,14H,3,6-13H2,1-2H3. The van der Waals surface area contributed by atoms with Gasteiger partial charge in [-0.1, -0.05) is 0 Å². The smallest absolute Gasteiger partial charge is 0.409 e. The number of carbonyl (C=O) groups is 3. The molecule has 2 fully saturated rings. The van der Waals surface area contributed by atoms with Crippen LogP contribution in [0.15, 0.2) is 18.3 Å². The lowest BCUT2D eigenvalue weighted by Crippen LogP contribution is -2.50. The molecule has 2 aliphatic rings. The van der Waals surface area contributed by atoms with Crippen LogP contribution in [0.5, 0.6) is 0 Å². The number of pyridine rings is 1. The van der Waals surface area contributed by atoms with Gasteiger partial charge >= 0.3 is 6.09 Å². The van der Waals surface area contributed by atoms with E-state index in [2.05, 4.69) is 9.88 Å². The van der Waals surface area contributed by atoms with Crippen LogP contribution in [0.2, 0.25) is 0 Å². The molecule has 0 atom stereocenters. The molecule has 0 bridgehead atoms. The summed E-state index contributed by atoms with van der Waals surface area (Å²) in [6.07, 6.45) is 1.44. The molecular formula is C19H27N5O4. The Labute approximate surface area is 164 Å². The number of ether oxygens (including phenoxy) is 1. The van der Waals surface area contributed by atoms with E-state index in [-0.39, 0.29) is 17.9 Å². The van der Waals surface area contributed by atoms with Gasteiger partial charge in [0.25, 0.3) is 5.91 Å². The van der Waals surface area contributed by atoms with Crippen LogP contribution < -0.4 is 4.90 Å². The summed E-state index contributed by atoms with van der Waals surface area (Å²) >= 11 is 0. The van der Waals surface area contributed by atoms with E-state index in [1.807, 2.05) is 6.07 Å². The quantitative estimate of drug-likeness (QED) is 0.755. The highest BCUT2D eigenvalue weighted by Gasteiger charge is 2.25. The van der Waals surface area contributed by atoms with Crippen LogP contribution >= 0.6 is 0 Å². The summed E-state index contributed by atoms with van der Waals surface area (Å²) < 4.78 is 5.03. The normalized spacial score (nSPS) is 17.5. The van der Waals surface area contributed by atoms with E-state index in [0.29, 0.717) is 64.7 Å². The lowest BCUT2D eigenvalue weighted by molar-refractivity contribution is -0.130. The monoisotopic (exact) mass is 389 g/mol. The molecule has 28 heavy (non-hydrogen) atoms. The van der Waals surface area contributed by atoms with Crippen LogP contribution in [0.4, 0.5) is 10.5 Å². The molecule has 9 nitrogen and oxygen atoms in total. The van der Waals surface area contributed by atoms with Crippen molar-refractivity contribution in [2.24, 2.45) is 0 Å². The summed E-state index contributed by atoms with van der Waals surface area (Å²) in [6.45, 7) is 8.48. The maximum absolute atomic E-state index is 12.6. The zero-order chi connectivity index (χ0) is 20.1. The van der Waals surface area contributed by atoms with Crippen LogP contribution in [-0.2, 0) is 9.53 Å². The van der Waals surface area contributed by atoms with Gasteiger partial charge in [-0.05, 0) is 19.1 Å². The van der Waals surface area contributed by atoms with Gasteiger partial charge in [-0.3, -0.25) is 9.59 Å². The van der Waals surface area contributed by atoms with Gasteiger partial charge in [-0.15, -0.1) is 0 Å². The number of hydrogen-bond donors (Lipinski definition) is 0. The molecule has 0 unspecified atom stereocenters. The molecule has 0 radical (unpaired) electrons. The fourth-order valence-electron chi connectivity index (χ4n) is 3.45. The molecule has 152 valence electrons. The Hall–Kier alpha value is -2.84. The third-order valence-electron chi connectivity index (χ3n) is 5.15. The Bertz CT molecular complexity index is 708. The number of amides is 3. The molecule has 3 heterocycles. The second-order valence-electron chi connectivity index (χ2n) is 6.87. The summed E-state index contributed by atoms with van der Waals surface area (Å²) in [4.78, 5) is 47.5. The SMILES string of the molecule is CCOC(=O)N1CCN(c2ccc(C(=O)N3CCN(C(C)=O)CC3)nc2)CC1. The molecule has 9 heteroatoms. The van der Waals surface area contributed by atoms with Crippen molar-refractivity contribution in [3.8, 4) is 0 Å². The molecular weight excluding hydrogens is 362 g/mol. The highest BCUT2D eigenvalue weighted by atomic mass is 16.6. The summed E-state index contributed by atoms with van der Waals surface area (Å²) in [5.41, 5.74) is 1.34. The van der Waals surface area contributed by atoms with Gasteiger partial charge in [0.15, 0.2) is 0 Å². The first kappa shape index (κ1) is 19.9. The molecule has 3 rings (SSSR count). The van der Waals surface area contributed by atoms with Crippen LogP contribution in [0.25, 0.3) is 0 Å². The average Bonchev–Trinajstić information content (AvgIpc) is 2.74. The number of aromatic nitrogens is 1. The first-order chi connectivity index (χ1) is 13.5. The Morgan fingerprint density at radius 2 is 1.54 bits per heavy atom. The molecule has 0 aromatic carbocycles. The molecule has 1 aromatic heterocycles. The van der Waals surface area contributed by atoms with Gasteiger partial charge in [-0.2, -0.15) is 0 Å². The van der Waals surface area contributed by atoms with E-state index in [1.165, 1.54) is 0 Å². The van der Waals surface area contributed by atoms with Gasteiger partial charge in [0.2, 0.25) is 5.91 Å². The van der Waals surface area contributed by atoms with E-state index < -0.39 is 0 Å². The first-order valence-electron chi connectivity index (χ1n) is 9.67. The number of carbonyl (C=O) groups excluding carboxylic acids is 3. The molecule has 3 amide bonds. The van der Waals surface area contributed by atoms with E-state index in [0.717, 1.165) is 5.69 Å². The first-order valence-corrected chi connectivity index (χ1v) is 9.67. The van der Waals surface area contributed by atoms with E-state index in [9.17, 15) is 14.4 Å². The van der Waals surface area contributed by atoms with Gasteiger partial charge < -0.3 is 24.3 Å². The molecule has 2 aliphatic heterocycles. The average molecular weight is 389 g/mol. The van der Waals surface area contributed by atoms with Crippen LogP contribution in [0.3, 0.4) is 0 Å². The second-order valence-corrected chi connectivity index (χ2v) is 6.87. The predicted molar refractivity (Wildman–Crippen MR) is 103 cm³/mol. The van der Waals surface area contributed by atoms with E-state index in [4.69, 9.17) is 4.74 Å². The molecule has 2 saturated heterocycles. The van der Waals surface area contributed by atoms with Crippen LogP contribution in [0.1, 0.15) is 24.3 Å². The highest BCUT2D eigenvalue weighted by molar-refractivity contribution is 5.92. The Kier molecular flexibility index (Phi) is 6.33. The minimum atomic E-state index is -0.272. The van der Waals surface area contributed by atoms with E-state index in [1.54, 1.807) is 40.8 Å². The minimum Gasteiger partial charge on any atom is -0.450 e. The molecule has 0 saturated carbocycles. The number of piperazine rings is 2. The largest absolute Gasteiger partial charge is 0.450 e. The Morgan fingerprint density at radius 1 is 0.929 bits per heavy atom. The van der Waals surface area contributed by atoms with Gasteiger partial charge in [0.1, 0.15) is 5.69 Å². The number of hydrogen-bond acceptors (Lipinski definition) is 6. The van der Waals surface area contributed by atoms with Crippen molar-refractivity contribution in [1.82, 2.24) is 19.7 Å². The summed E-state index contributed by atoms with van der Waals surface area (Å²) in [5.74, 6) is -0.0699. The Morgan fingerprint density at radius 3 is 2.07 bits per heavy atom. The maximum Gasteiger partial charge on any atom is 0.409 e. The van der Waals surface area contributed by atoms with Gasteiger partial charge in [0.05, 0.1) is 18.5 Å². The van der Waals surface area contributed by atoms with Crippen LogP contribution in [0, 0.1) is 0 Å². The summed E-state index contributed by atoms with van der Waals surface area (Å²) in [7, 11) is 0. The molecule has 0 spiro atoms. The molecule has 1 aromatic rings. The van der Waals surface area contributed by atoms with E-state index >= 15 is 0 Å². The minimum absolute atomic E-state index is 0.0395. The number of rotatable bonds is 3. The summed E-state index contributed by atoms with van der Waals surface area (Å²) in [5, 5.41) is 0. The van der Waals surface area contributed by atoms with Crippen molar-refractivity contribution in [3.05, 3.63) is 24.0 Å². The summed E-state index contributed by atoms with van der Waals surface area (Å²) in [6, 6.07) is 3.64. The third kappa shape index (κ3) is 4.52. The van der Waals surface area contributed by atoms with Gasteiger partial charge in [0, 0.05) is 59.3 Å². The zero-order valence-electron chi connectivity index (χ0n) is 16.5. The Balaban J connectivity index is 1.53. The van der Waals surface area contributed by atoms with Crippen LogP contribution in [-0.4, -0.2) is 96.6 Å². The fourth-order valence-corrected chi connectivity index (χ4v) is 3.45. The van der Waals surface area contributed by atoms with Crippen molar-refractivity contribution in [1.29, 1.82) is 0 Å². The van der Waals surface area contributed by atoms with Crippen molar-refractivity contribution in [2.45, 2.75) is 13.8 Å². The molecule has 0 N–H and O–H groups in total. The fraction of sp³-hybridized carbons (Fsp3) is 0.579. The highest BCUT2D eigenvalue weighted by Crippen LogP contribution is 2.17. The predicted octanol–water partition coefficient (Wildman–Crippen LogP) is 0.664. The lowest BCUT2D eigenvalue weighted by Gasteiger charge is -2.35. The second kappa shape index (κ2) is 8.90. The topological polar surface area (TPSA) is 86.3 Å². The maximum atomic E-state index is 12.6. The number of anilines is 1. The van der Waals surface area contributed by atoms with Crippen molar-refractivity contribution < 1.29 is 19.1 Å². The third-order valence-corrected chi connectivity index (χ3v) is 5.15. The van der Waals surface area contributed by atoms with Crippen molar-refractivity contribution in [2.75, 3.05) is 63.9 Å². The number of nitrogens with zero attached hydrogens (tertiary/aromatic N) is 5. The zero-order valence-corrected chi connectivity index (χ0v) is 16.5. The van der Waals surface area contributed by atoms with Crippen molar-refractivity contribution >= 4 is 23.6 Å². The van der Waals surface area contributed by atoms with Gasteiger partial charge in [-0.25, -0.2) is 9.78 Å².